The zero-order valence-corrected chi connectivity index (χ0v) is 12.6. The number of hydrogen-bond donors (Lipinski definition) is 2. The molecule has 2 N–H and O–H groups in total. The average Bonchev–Trinajstić information content (AvgIpc) is 3.19. The molecule has 0 saturated carbocycles. The molecule has 0 fully saturated rings. The van der Waals surface area contributed by atoms with Gasteiger partial charge in [0, 0.05) is 10.9 Å². The molecule has 0 saturated heterocycles. The Morgan fingerprint density at radius 3 is 2.61 bits per heavy atom. The number of para-hydroxylation sites is 1. The standard InChI is InChI=1S/C16H12F2N2O2S/c17-12-2-1-3-13(18)15(12)20-16(21)19-8-11-4-5-14(22-11)10-6-7-23-9-10/h1-7,9H,8H2,(H2,19,20,21). The highest BCUT2D eigenvalue weighted by Gasteiger charge is 2.12. The van der Waals surface area contributed by atoms with E-state index in [0.29, 0.717) is 11.5 Å². The first-order chi connectivity index (χ1) is 11.1. The number of carbonyl (C=O) groups is 1. The second-order valence-electron chi connectivity index (χ2n) is 4.68. The van der Waals surface area contributed by atoms with Crippen LogP contribution in [-0.4, -0.2) is 6.03 Å². The van der Waals surface area contributed by atoms with Crippen LogP contribution in [0.25, 0.3) is 11.3 Å². The molecular formula is C16H12F2N2O2S. The number of amides is 2. The van der Waals surface area contributed by atoms with Crippen molar-refractivity contribution in [3.63, 3.8) is 0 Å². The quantitative estimate of drug-likeness (QED) is 0.732. The second-order valence-corrected chi connectivity index (χ2v) is 5.46. The van der Waals surface area contributed by atoms with Gasteiger partial charge in [0.15, 0.2) is 0 Å². The lowest BCUT2D eigenvalue weighted by Gasteiger charge is -2.08. The van der Waals surface area contributed by atoms with E-state index in [9.17, 15) is 13.6 Å². The number of urea groups is 1. The normalized spacial score (nSPS) is 10.5. The summed E-state index contributed by atoms with van der Waals surface area (Å²) in [6, 6.07) is 8.10. The molecule has 0 bridgehead atoms. The summed E-state index contributed by atoms with van der Waals surface area (Å²) >= 11 is 1.56. The highest BCUT2D eigenvalue weighted by Crippen LogP contribution is 2.24. The molecule has 0 spiro atoms. The Labute approximate surface area is 134 Å². The Kier molecular flexibility index (Phi) is 4.38. The third kappa shape index (κ3) is 3.57. The SMILES string of the molecule is O=C(NCc1ccc(-c2ccsc2)o1)Nc1c(F)cccc1F. The van der Waals surface area contributed by atoms with Gasteiger partial charge < -0.3 is 15.1 Å². The highest BCUT2D eigenvalue weighted by atomic mass is 32.1. The number of halogens is 2. The molecule has 1 aromatic carbocycles. The molecule has 0 atom stereocenters. The van der Waals surface area contributed by atoms with Crippen molar-refractivity contribution in [1.82, 2.24) is 5.32 Å². The molecule has 2 amide bonds. The molecule has 0 aliphatic carbocycles. The van der Waals surface area contributed by atoms with Gasteiger partial charge >= 0.3 is 6.03 Å². The Hall–Kier alpha value is -2.67. The average molecular weight is 334 g/mol. The Balaban J connectivity index is 1.59. The van der Waals surface area contributed by atoms with Crippen LogP contribution in [0.3, 0.4) is 0 Å². The molecule has 3 aromatic rings. The molecular weight excluding hydrogens is 322 g/mol. The van der Waals surface area contributed by atoms with E-state index < -0.39 is 23.4 Å². The molecule has 3 rings (SSSR count). The molecule has 2 heterocycles. The van der Waals surface area contributed by atoms with E-state index in [1.165, 1.54) is 6.07 Å². The lowest BCUT2D eigenvalue weighted by atomic mass is 10.3. The summed E-state index contributed by atoms with van der Waals surface area (Å²) in [5.41, 5.74) is 0.475. The van der Waals surface area contributed by atoms with Crippen molar-refractivity contribution >= 4 is 23.1 Å². The third-order valence-electron chi connectivity index (χ3n) is 3.09. The molecule has 0 aliphatic rings. The van der Waals surface area contributed by atoms with Crippen LogP contribution in [0, 0.1) is 11.6 Å². The van der Waals surface area contributed by atoms with Crippen molar-refractivity contribution in [2.75, 3.05) is 5.32 Å². The summed E-state index contributed by atoms with van der Waals surface area (Å²) in [4.78, 5) is 11.7. The number of thiophene rings is 1. The van der Waals surface area contributed by atoms with E-state index >= 15 is 0 Å². The third-order valence-corrected chi connectivity index (χ3v) is 3.78. The first kappa shape index (κ1) is 15.2. The van der Waals surface area contributed by atoms with E-state index in [1.807, 2.05) is 16.8 Å². The number of benzene rings is 1. The first-order valence-electron chi connectivity index (χ1n) is 6.73. The largest absolute Gasteiger partial charge is 0.459 e. The van der Waals surface area contributed by atoms with Crippen LogP contribution in [0.5, 0.6) is 0 Å². The number of anilines is 1. The number of nitrogens with one attached hydrogen (secondary N) is 2. The molecule has 0 radical (unpaired) electrons. The minimum atomic E-state index is -0.835. The van der Waals surface area contributed by atoms with E-state index in [0.717, 1.165) is 17.7 Å². The number of rotatable bonds is 4. The van der Waals surface area contributed by atoms with Gasteiger partial charge in [0.25, 0.3) is 0 Å². The van der Waals surface area contributed by atoms with Gasteiger partial charge in [-0.25, -0.2) is 13.6 Å². The summed E-state index contributed by atoms with van der Waals surface area (Å²) in [5.74, 6) is -0.435. The van der Waals surface area contributed by atoms with Gasteiger partial charge in [-0.3, -0.25) is 0 Å². The summed E-state index contributed by atoms with van der Waals surface area (Å²) in [6.07, 6.45) is 0. The molecule has 7 heteroatoms. The Bertz CT molecular complexity index is 795. The fraction of sp³-hybridized carbons (Fsp3) is 0.0625. The summed E-state index contributed by atoms with van der Waals surface area (Å²) in [6.45, 7) is 0.103. The van der Waals surface area contributed by atoms with Crippen LogP contribution in [0.1, 0.15) is 5.76 Å². The fourth-order valence-electron chi connectivity index (χ4n) is 1.98. The first-order valence-corrected chi connectivity index (χ1v) is 7.68. The van der Waals surface area contributed by atoms with Gasteiger partial charge in [0.1, 0.15) is 28.8 Å². The molecule has 4 nitrogen and oxygen atoms in total. The van der Waals surface area contributed by atoms with E-state index in [1.54, 1.807) is 23.5 Å². The van der Waals surface area contributed by atoms with Crippen molar-refractivity contribution in [2.24, 2.45) is 0 Å². The summed E-state index contributed by atoms with van der Waals surface area (Å²) < 4.78 is 32.5. The van der Waals surface area contributed by atoms with Crippen LogP contribution in [-0.2, 0) is 6.54 Å². The molecule has 23 heavy (non-hydrogen) atoms. The van der Waals surface area contributed by atoms with Crippen molar-refractivity contribution in [3.8, 4) is 11.3 Å². The zero-order chi connectivity index (χ0) is 16.2. The van der Waals surface area contributed by atoms with Gasteiger partial charge in [-0.15, -0.1) is 0 Å². The monoisotopic (exact) mass is 334 g/mol. The lowest BCUT2D eigenvalue weighted by Crippen LogP contribution is -2.28. The smallest absolute Gasteiger partial charge is 0.319 e. The van der Waals surface area contributed by atoms with E-state index in [2.05, 4.69) is 10.6 Å². The number of furan rings is 1. The van der Waals surface area contributed by atoms with Crippen LogP contribution in [0.2, 0.25) is 0 Å². The van der Waals surface area contributed by atoms with E-state index in [-0.39, 0.29) is 6.54 Å². The maximum absolute atomic E-state index is 13.4. The van der Waals surface area contributed by atoms with Crippen molar-refractivity contribution < 1.29 is 18.0 Å². The van der Waals surface area contributed by atoms with Crippen LogP contribution >= 0.6 is 11.3 Å². The highest BCUT2D eigenvalue weighted by molar-refractivity contribution is 7.08. The fourth-order valence-corrected chi connectivity index (χ4v) is 2.62. The minimum absolute atomic E-state index is 0.103. The van der Waals surface area contributed by atoms with Gasteiger partial charge in [0.05, 0.1) is 6.54 Å². The predicted molar refractivity (Wildman–Crippen MR) is 84.2 cm³/mol. The Morgan fingerprint density at radius 1 is 1.13 bits per heavy atom. The maximum atomic E-state index is 13.4. The Morgan fingerprint density at radius 2 is 1.91 bits per heavy atom. The molecule has 118 valence electrons. The number of hydrogen-bond acceptors (Lipinski definition) is 3. The van der Waals surface area contributed by atoms with Gasteiger partial charge in [-0.05, 0) is 35.7 Å². The number of carbonyl (C=O) groups excluding carboxylic acids is 1. The van der Waals surface area contributed by atoms with Crippen molar-refractivity contribution in [1.29, 1.82) is 0 Å². The van der Waals surface area contributed by atoms with Gasteiger partial charge in [-0.1, -0.05) is 6.07 Å². The van der Waals surface area contributed by atoms with E-state index in [4.69, 9.17) is 4.42 Å². The zero-order valence-electron chi connectivity index (χ0n) is 11.8. The predicted octanol–water partition coefficient (Wildman–Crippen LogP) is 4.61. The molecule has 0 aliphatic heterocycles. The van der Waals surface area contributed by atoms with Crippen molar-refractivity contribution in [2.45, 2.75) is 6.54 Å². The molecule has 2 aromatic heterocycles. The maximum Gasteiger partial charge on any atom is 0.319 e. The van der Waals surface area contributed by atoms with Gasteiger partial charge in [0.2, 0.25) is 0 Å². The van der Waals surface area contributed by atoms with Crippen LogP contribution in [0.4, 0.5) is 19.3 Å². The van der Waals surface area contributed by atoms with Crippen LogP contribution in [0.15, 0.2) is 51.6 Å². The summed E-state index contributed by atoms with van der Waals surface area (Å²) in [5, 5.41) is 8.51. The lowest BCUT2D eigenvalue weighted by molar-refractivity contribution is 0.250. The van der Waals surface area contributed by atoms with Crippen molar-refractivity contribution in [3.05, 3.63) is 64.6 Å². The second kappa shape index (κ2) is 6.62. The minimum Gasteiger partial charge on any atom is -0.459 e. The molecule has 0 unspecified atom stereocenters. The topological polar surface area (TPSA) is 54.3 Å². The summed E-state index contributed by atoms with van der Waals surface area (Å²) in [7, 11) is 0. The van der Waals surface area contributed by atoms with Crippen LogP contribution < -0.4 is 10.6 Å². The van der Waals surface area contributed by atoms with Gasteiger partial charge in [-0.2, -0.15) is 11.3 Å².